The van der Waals surface area contributed by atoms with Crippen LogP contribution < -0.4 is 10.1 Å². The first-order valence-electron chi connectivity index (χ1n) is 10.3. The van der Waals surface area contributed by atoms with Crippen molar-refractivity contribution in [3.8, 4) is 5.75 Å². The van der Waals surface area contributed by atoms with Crippen molar-refractivity contribution >= 4 is 21.6 Å². The molecule has 3 aromatic carbocycles. The van der Waals surface area contributed by atoms with E-state index in [9.17, 15) is 13.2 Å². The van der Waals surface area contributed by atoms with E-state index in [1.54, 1.807) is 31.2 Å². The zero-order valence-corrected chi connectivity index (χ0v) is 19.6. The number of hydrogen-bond acceptors (Lipinski definition) is 4. The molecule has 0 spiro atoms. The number of ether oxygens (including phenoxy) is 1. The zero-order chi connectivity index (χ0) is 23.3. The molecule has 1 amide bonds. The van der Waals surface area contributed by atoms with E-state index in [0.717, 1.165) is 16.7 Å². The normalized spacial score (nSPS) is 11.4. The number of sulfonamides is 1. The van der Waals surface area contributed by atoms with E-state index < -0.39 is 15.9 Å². The van der Waals surface area contributed by atoms with Crippen LogP contribution in [-0.4, -0.2) is 32.3 Å². The summed E-state index contributed by atoms with van der Waals surface area (Å²) in [4.78, 5) is 13.2. The Morgan fingerprint density at radius 2 is 1.59 bits per heavy atom. The van der Waals surface area contributed by atoms with Crippen molar-refractivity contribution in [3.63, 3.8) is 0 Å². The van der Waals surface area contributed by atoms with Gasteiger partial charge in [0.25, 0.3) is 0 Å². The van der Waals surface area contributed by atoms with Gasteiger partial charge < -0.3 is 10.1 Å². The van der Waals surface area contributed by atoms with Crippen LogP contribution in [0, 0.1) is 20.8 Å². The van der Waals surface area contributed by atoms with E-state index in [1.165, 1.54) is 11.4 Å². The average molecular weight is 453 g/mol. The van der Waals surface area contributed by atoms with Crippen LogP contribution in [0.1, 0.15) is 22.3 Å². The third kappa shape index (κ3) is 5.55. The molecule has 0 saturated heterocycles. The van der Waals surface area contributed by atoms with Crippen LogP contribution in [0.3, 0.4) is 0 Å². The standard InChI is InChI=1S/C25H28N2O4S/c1-18-11-13-23(31-4)22(14-18)26-25(28)17-27(16-21-8-6-5-7-9-21)32(29,30)24-15-19(2)10-12-20(24)3/h5-15H,16-17H2,1-4H3,(H,26,28). The van der Waals surface area contributed by atoms with Gasteiger partial charge in [0.1, 0.15) is 5.75 Å². The predicted molar refractivity (Wildman–Crippen MR) is 126 cm³/mol. The van der Waals surface area contributed by atoms with Gasteiger partial charge in [0, 0.05) is 6.54 Å². The first kappa shape index (κ1) is 23.5. The van der Waals surface area contributed by atoms with Crippen LogP contribution in [0.25, 0.3) is 0 Å². The van der Waals surface area contributed by atoms with Crippen LogP contribution in [0.5, 0.6) is 5.75 Å². The van der Waals surface area contributed by atoms with Gasteiger partial charge in [0.05, 0.1) is 24.2 Å². The van der Waals surface area contributed by atoms with E-state index in [2.05, 4.69) is 5.32 Å². The molecule has 7 heteroatoms. The molecule has 0 aliphatic carbocycles. The number of carbonyl (C=O) groups is 1. The SMILES string of the molecule is COc1ccc(C)cc1NC(=O)CN(Cc1ccccc1)S(=O)(=O)c1cc(C)ccc1C. The minimum Gasteiger partial charge on any atom is -0.495 e. The molecule has 3 aromatic rings. The molecule has 0 aliphatic rings. The number of nitrogens with zero attached hydrogens (tertiary/aromatic N) is 1. The number of hydrogen-bond donors (Lipinski definition) is 1. The van der Waals surface area contributed by atoms with Gasteiger partial charge in [-0.15, -0.1) is 0 Å². The lowest BCUT2D eigenvalue weighted by Crippen LogP contribution is -2.38. The number of nitrogens with one attached hydrogen (secondary N) is 1. The molecule has 0 saturated carbocycles. The second-order valence-corrected chi connectivity index (χ2v) is 9.69. The number of amides is 1. The first-order chi connectivity index (χ1) is 15.2. The Bertz CT molecular complexity index is 1210. The highest BCUT2D eigenvalue weighted by atomic mass is 32.2. The Hall–Kier alpha value is -3.16. The van der Waals surface area contributed by atoms with Gasteiger partial charge in [-0.2, -0.15) is 4.31 Å². The maximum Gasteiger partial charge on any atom is 0.244 e. The number of benzene rings is 3. The second-order valence-electron chi connectivity index (χ2n) is 7.78. The molecule has 1 N–H and O–H groups in total. The molecule has 0 aliphatic heterocycles. The fraction of sp³-hybridized carbons (Fsp3) is 0.240. The van der Waals surface area contributed by atoms with Crippen molar-refractivity contribution in [3.05, 3.63) is 89.0 Å². The van der Waals surface area contributed by atoms with Crippen LogP contribution in [-0.2, 0) is 21.4 Å². The predicted octanol–water partition coefficient (Wildman–Crippen LogP) is 4.45. The molecule has 0 unspecified atom stereocenters. The van der Waals surface area contributed by atoms with E-state index in [4.69, 9.17) is 4.74 Å². The molecule has 0 aromatic heterocycles. The highest BCUT2D eigenvalue weighted by Gasteiger charge is 2.28. The van der Waals surface area contributed by atoms with E-state index in [1.807, 2.05) is 56.3 Å². The smallest absolute Gasteiger partial charge is 0.244 e. The Balaban J connectivity index is 1.94. The van der Waals surface area contributed by atoms with Gasteiger partial charge >= 0.3 is 0 Å². The van der Waals surface area contributed by atoms with Crippen molar-refractivity contribution in [1.29, 1.82) is 0 Å². The quantitative estimate of drug-likeness (QED) is 0.548. The lowest BCUT2D eigenvalue weighted by Gasteiger charge is -2.23. The number of carbonyl (C=O) groups excluding carboxylic acids is 1. The van der Waals surface area contributed by atoms with Crippen LogP contribution in [0.2, 0.25) is 0 Å². The van der Waals surface area contributed by atoms with Crippen LogP contribution in [0.15, 0.2) is 71.6 Å². The largest absolute Gasteiger partial charge is 0.495 e. The molecule has 0 atom stereocenters. The van der Waals surface area contributed by atoms with Gasteiger partial charge in [0.15, 0.2) is 0 Å². The van der Waals surface area contributed by atoms with Crippen molar-refractivity contribution in [2.45, 2.75) is 32.2 Å². The van der Waals surface area contributed by atoms with Gasteiger partial charge in [-0.3, -0.25) is 4.79 Å². The molecular formula is C25H28N2O4S. The fourth-order valence-electron chi connectivity index (χ4n) is 3.41. The monoisotopic (exact) mass is 452 g/mol. The van der Waals surface area contributed by atoms with Gasteiger partial charge in [-0.1, -0.05) is 48.5 Å². The average Bonchev–Trinajstić information content (AvgIpc) is 2.75. The Kier molecular flexibility index (Phi) is 7.33. The summed E-state index contributed by atoms with van der Waals surface area (Å²) in [5, 5.41) is 2.80. The zero-order valence-electron chi connectivity index (χ0n) is 18.8. The third-order valence-corrected chi connectivity index (χ3v) is 7.05. The Morgan fingerprint density at radius 3 is 2.28 bits per heavy atom. The molecular weight excluding hydrogens is 424 g/mol. The molecule has 3 rings (SSSR count). The number of aryl methyl sites for hydroxylation is 3. The van der Waals surface area contributed by atoms with E-state index in [0.29, 0.717) is 17.0 Å². The minimum atomic E-state index is -3.92. The Labute approximate surface area is 189 Å². The minimum absolute atomic E-state index is 0.0783. The summed E-state index contributed by atoms with van der Waals surface area (Å²) < 4.78 is 33.7. The summed E-state index contributed by atoms with van der Waals surface area (Å²) in [6.45, 7) is 5.25. The molecule has 0 heterocycles. The number of methoxy groups -OCH3 is 1. The topological polar surface area (TPSA) is 75.7 Å². The molecule has 6 nitrogen and oxygen atoms in total. The number of rotatable bonds is 8. The molecule has 0 fully saturated rings. The molecule has 32 heavy (non-hydrogen) atoms. The van der Waals surface area contributed by atoms with Crippen molar-refractivity contribution in [1.82, 2.24) is 4.31 Å². The molecule has 0 bridgehead atoms. The summed E-state index contributed by atoms with van der Waals surface area (Å²) in [5.41, 5.74) is 3.71. The maximum absolute atomic E-state index is 13.6. The first-order valence-corrected chi connectivity index (χ1v) is 11.7. The van der Waals surface area contributed by atoms with Gasteiger partial charge in [-0.05, 0) is 61.2 Å². The van der Waals surface area contributed by atoms with Crippen molar-refractivity contribution < 1.29 is 17.9 Å². The van der Waals surface area contributed by atoms with Crippen LogP contribution >= 0.6 is 0 Å². The number of anilines is 1. The Morgan fingerprint density at radius 1 is 0.938 bits per heavy atom. The summed E-state index contributed by atoms with van der Waals surface area (Å²) in [5.74, 6) is 0.0645. The lowest BCUT2D eigenvalue weighted by atomic mass is 10.2. The van der Waals surface area contributed by atoms with Crippen molar-refractivity contribution in [2.75, 3.05) is 19.0 Å². The summed E-state index contributed by atoms with van der Waals surface area (Å²) in [6.07, 6.45) is 0. The second kappa shape index (κ2) is 9.97. The fourth-order valence-corrected chi connectivity index (χ4v) is 5.10. The summed E-state index contributed by atoms with van der Waals surface area (Å²) in [6, 6.07) is 19.9. The van der Waals surface area contributed by atoms with E-state index in [-0.39, 0.29) is 18.0 Å². The highest BCUT2D eigenvalue weighted by molar-refractivity contribution is 7.89. The summed E-state index contributed by atoms with van der Waals surface area (Å²) in [7, 11) is -2.40. The van der Waals surface area contributed by atoms with Gasteiger partial charge in [0.2, 0.25) is 15.9 Å². The molecule has 168 valence electrons. The third-order valence-electron chi connectivity index (χ3n) is 5.11. The summed E-state index contributed by atoms with van der Waals surface area (Å²) >= 11 is 0. The highest BCUT2D eigenvalue weighted by Crippen LogP contribution is 2.26. The van der Waals surface area contributed by atoms with Crippen molar-refractivity contribution in [2.24, 2.45) is 0 Å². The lowest BCUT2D eigenvalue weighted by molar-refractivity contribution is -0.116. The maximum atomic E-state index is 13.6. The van der Waals surface area contributed by atoms with E-state index >= 15 is 0 Å². The molecule has 0 radical (unpaired) electrons. The van der Waals surface area contributed by atoms with Gasteiger partial charge in [-0.25, -0.2) is 8.42 Å². The van der Waals surface area contributed by atoms with Crippen LogP contribution in [0.4, 0.5) is 5.69 Å².